The van der Waals surface area contributed by atoms with Crippen molar-refractivity contribution in [1.29, 1.82) is 0 Å². The van der Waals surface area contributed by atoms with Gasteiger partial charge in [0.2, 0.25) is 0 Å². The van der Waals surface area contributed by atoms with Crippen LogP contribution < -0.4 is 22.3 Å². The zero-order chi connectivity index (χ0) is 18.4. The third kappa shape index (κ3) is 4.50. The number of hydroxylamine groups is 1. The van der Waals surface area contributed by atoms with Gasteiger partial charge in [-0.25, -0.2) is 5.48 Å². The van der Waals surface area contributed by atoms with Crippen LogP contribution in [0.25, 0.3) is 0 Å². The maximum atomic E-state index is 12.4. The van der Waals surface area contributed by atoms with E-state index in [-0.39, 0.29) is 12.5 Å². The second kappa shape index (κ2) is 8.32. The van der Waals surface area contributed by atoms with Gasteiger partial charge in [-0.05, 0) is 24.3 Å². The van der Waals surface area contributed by atoms with Gasteiger partial charge < -0.3 is 16.8 Å². The lowest BCUT2D eigenvalue weighted by molar-refractivity contribution is 0.0236. The SMILES string of the molecule is Nc1ccc(CONC(=O)c2ccccc2NCc2cncs2)c(N)c1. The van der Waals surface area contributed by atoms with Gasteiger partial charge in [-0.15, -0.1) is 11.3 Å². The summed E-state index contributed by atoms with van der Waals surface area (Å²) in [6, 6.07) is 12.4. The molecule has 0 radical (unpaired) electrons. The van der Waals surface area contributed by atoms with Gasteiger partial charge >= 0.3 is 0 Å². The molecule has 0 atom stereocenters. The van der Waals surface area contributed by atoms with Crippen molar-refractivity contribution in [3.63, 3.8) is 0 Å². The summed E-state index contributed by atoms with van der Waals surface area (Å²) in [5.74, 6) is -0.341. The molecule has 8 heteroatoms. The maximum Gasteiger partial charge on any atom is 0.276 e. The lowest BCUT2D eigenvalue weighted by Crippen LogP contribution is -2.24. The van der Waals surface area contributed by atoms with Gasteiger partial charge in [-0.2, -0.15) is 0 Å². The third-order valence-corrected chi connectivity index (χ3v) is 4.45. The number of para-hydroxylation sites is 1. The Bertz CT molecular complexity index is 883. The normalized spacial score (nSPS) is 10.5. The average Bonchev–Trinajstić information content (AvgIpc) is 3.15. The van der Waals surface area contributed by atoms with Gasteiger partial charge in [0.05, 0.1) is 17.6 Å². The molecule has 3 aromatic rings. The van der Waals surface area contributed by atoms with Gasteiger partial charge in [0.1, 0.15) is 6.61 Å². The highest BCUT2D eigenvalue weighted by Gasteiger charge is 2.11. The van der Waals surface area contributed by atoms with E-state index in [9.17, 15) is 4.79 Å². The van der Waals surface area contributed by atoms with E-state index >= 15 is 0 Å². The van der Waals surface area contributed by atoms with Crippen molar-refractivity contribution in [2.75, 3.05) is 16.8 Å². The second-order valence-corrected chi connectivity index (χ2v) is 6.52. The van der Waals surface area contributed by atoms with Gasteiger partial charge in [-0.1, -0.05) is 18.2 Å². The van der Waals surface area contributed by atoms with Crippen LogP contribution in [0.3, 0.4) is 0 Å². The Hall–Kier alpha value is -3.10. The molecule has 3 rings (SSSR count). The van der Waals surface area contributed by atoms with Crippen molar-refractivity contribution in [3.05, 3.63) is 70.2 Å². The minimum absolute atomic E-state index is 0.147. The van der Waals surface area contributed by atoms with E-state index in [1.807, 2.05) is 12.1 Å². The first kappa shape index (κ1) is 17.7. The van der Waals surface area contributed by atoms with Crippen molar-refractivity contribution < 1.29 is 9.63 Å². The van der Waals surface area contributed by atoms with E-state index in [0.717, 1.165) is 10.4 Å². The summed E-state index contributed by atoms with van der Waals surface area (Å²) in [5, 5.41) is 3.24. The largest absolute Gasteiger partial charge is 0.399 e. The molecule has 0 aliphatic carbocycles. The molecule has 0 saturated heterocycles. The first-order valence-electron chi connectivity index (χ1n) is 7.90. The molecule has 1 amide bonds. The molecule has 2 aromatic carbocycles. The van der Waals surface area contributed by atoms with Crippen LogP contribution in [0.2, 0.25) is 0 Å². The summed E-state index contributed by atoms with van der Waals surface area (Å²) < 4.78 is 0. The molecule has 0 aliphatic rings. The molecule has 1 aromatic heterocycles. The molecule has 0 saturated carbocycles. The standard InChI is InChI=1S/C18H19N5O2S/c19-13-6-5-12(16(20)7-13)10-25-23-18(24)15-3-1-2-4-17(15)22-9-14-8-21-11-26-14/h1-8,11,22H,9-10,19-20H2,(H,23,24). The lowest BCUT2D eigenvalue weighted by Gasteiger charge is -2.12. The highest BCUT2D eigenvalue weighted by Crippen LogP contribution is 2.18. The van der Waals surface area contributed by atoms with Gasteiger partial charge in [0.25, 0.3) is 5.91 Å². The van der Waals surface area contributed by atoms with Crippen molar-refractivity contribution >= 4 is 34.3 Å². The van der Waals surface area contributed by atoms with E-state index in [1.54, 1.807) is 53.4 Å². The van der Waals surface area contributed by atoms with Crippen LogP contribution in [0.15, 0.2) is 54.2 Å². The Morgan fingerprint density at radius 2 is 2.04 bits per heavy atom. The van der Waals surface area contributed by atoms with Crippen LogP contribution in [-0.2, 0) is 18.0 Å². The van der Waals surface area contributed by atoms with Crippen LogP contribution in [0, 0.1) is 0 Å². The summed E-state index contributed by atoms with van der Waals surface area (Å²) in [5.41, 5.74) is 18.8. The van der Waals surface area contributed by atoms with Gasteiger partial charge in [0.15, 0.2) is 0 Å². The summed E-state index contributed by atoms with van der Waals surface area (Å²) in [7, 11) is 0. The molecule has 6 N–H and O–H groups in total. The fourth-order valence-electron chi connectivity index (χ4n) is 2.33. The number of thiazole rings is 1. The average molecular weight is 369 g/mol. The monoisotopic (exact) mass is 369 g/mol. The maximum absolute atomic E-state index is 12.4. The summed E-state index contributed by atoms with van der Waals surface area (Å²) in [6.45, 7) is 0.742. The number of benzene rings is 2. The molecule has 0 aliphatic heterocycles. The Kier molecular flexibility index (Phi) is 5.67. The first-order valence-corrected chi connectivity index (χ1v) is 8.77. The quantitative estimate of drug-likeness (QED) is 0.376. The Morgan fingerprint density at radius 1 is 1.19 bits per heavy atom. The highest BCUT2D eigenvalue weighted by molar-refractivity contribution is 7.09. The smallest absolute Gasteiger partial charge is 0.276 e. The fourth-order valence-corrected chi connectivity index (χ4v) is 2.86. The third-order valence-electron chi connectivity index (χ3n) is 3.67. The fraction of sp³-hybridized carbons (Fsp3) is 0.111. The van der Waals surface area contributed by atoms with Crippen molar-refractivity contribution in [3.8, 4) is 0 Å². The number of nitrogen functional groups attached to an aromatic ring is 2. The number of carbonyl (C=O) groups excluding carboxylic acids is 1. The zero-order valence-corrected chi connectivity index (χ0v) is 14.8. The summed E-state index contributed by atoms with van der Waals surface area (Å²) >= 11 is 1.55. The Balaban J connectivity index is 1.59. The van der Waals surface area contributed by atoms with E-state index in [1.165, 1.54) is 0 Å². The minimum atomic E-state index is -0.341. The number of hydrogen-bond donors (Lipinski definition) is 4. The Labute approximate surface area is 155 Å². The van der Waals surface area contributed by atoms with E-state index in [4.69, 9.17) is 16.3 Å². The van der Waals surface area contributed by atoms with Gasteiger partial charge in [-0.3, -0.25) is 14.6 Å². The molecule has 1 heterocycles. The molecule has 0 bridgehead atoms. The van der Waals surface area contributed by atoms with Crippen LogP contribution >= 0.6 is 11.3 Å². The molecule has 0 spiro atoms. The zero-order valence-electron chi connectivity index (χ0n) is 13.9. The molecular weight excluding hydrogens is 350 g/mol. The minimum Gasteiger partial charge on any atom is -0.399 e. The Morgan fingerprint density at radius 3 is 2.81 bits per heavy atom. The van der Waals surface area contributed by atoms with E-state index in [0.29, 0.717) is 29.2 Å². The van der Waals surface area contributed by atoms with Crippen molar-refractivity contribution in [2.24, 2.45) is 0 Å². The molecule has 0 fully saturated rings. The number of nitrogens with one attached hydrogen (secondary N) is 2. The molecular formula is C18H19N5O2S. The number of aromatic nitrogens is 1. The van der Waals surface area contributed by atoms with Crippen molar-refractivity contribution in [2.45, 2.75) is 13.2 Å². The topological polar surface area (TPSA) is 115 Å². The summed E-state index contributed by atoms with van der Waals surface area (Å²) in [4.78, 5) is 22.8. The second-order valence-electron chi connectivity index (χ2n) is 5.54. The molecule has 26 heavy (non-hydrogen) atoms. The lowest BCUT2D eigenvalue weighted by atomic mass is 10.1. The molecule has 0 unspecified atom stereocenters. The number of anilines is 3. The van der Waals surface area contributed by atoms with E-state index < -0.39 is 0 Å². The van der Waals surface area contributed by atoms with Gasteiger partial charge in [0, 0.05) is 33.7 Å². The van der Waals surface area contributed by atoms with Crippen LogP contribution in [0.1, 0.15) is 20.8 Å². The van der Waals surface area contributed by atoms with Crippen LogP contribution in [0.4, 0.5) is 17.1 Å². The van der Waals surface area contributed by atoms with E-state index in [2.05, 4.69) is 15.8 Å². The highest BCUT2D eigenvalue weighted by atomic mass is 32.1. The number of carbonyl (C=O) groups is 1. The number of nitrogens with two attached hydrogens (primary N) is 2. The number of hydrogen-bond acceptors (Lipinski definition) is 7. The summed E-state index contributed by atoms with van der Waals surface area (Å²) in [6.07, 6.45) is 1.79. The first-order chi connectivity index (χ1) is 12.6. The van der Waals surface area contributed by atoms with Crippen LogP contribution in [0.5, 0.6) is 0 Å². The van der Waals surface area contributed by atoms with Crippen molar-refractivity contribution in [1.82, 2.24) is 10.5 Å². The molecule has 7 nitrogen and oxygen atoms in total. The molecule has 134 valence electrons. The number of amides is 1. The predicted octanol–water partition coefficient (Wildman–Crippen LogP) is 2.78. The number of rotatable bonds is 7. The predicted molar refractivity (Wildman–Crippen MR) is 103 cm³/mol. The van der Waals surface area contributed by atoms with Crippen LogP contribution in [-0.4, -0.2) is 10.9 Å². The number of nitrogens with zero attached hydrogens (tertiary/aromatic N) is 1.